The molecule has 0 radical (unpaired) electrons. The predicted octanol–water partition coefficient (Wildman–Crippen LogP) is 4.21. The van der Waals surface area contributed by atoms with Crippen LogP contribution < -0.4 is 5.32 Å². The van der Waals surface area contributed by atoms with Gasteiger partial charge < -0.3 is 5.32 Å². The summed E-state index contributed by atoms with van der Waals surface area (Å²) in [5.74, 6) is 0.528. The van der Waals surface area contributed by atoms with Crippen LogP contribution in [0.4, 0.5) is 13.2 Å². The van der Waals surface area contributed by atoms with Crippen molar-refractivity contribution in [3.63, 3.8) is 0 Å². The van der Waals surface area contributed by atoms with Crippen LogP contribution in [0.25, 0.3) is 0 Å². The highest BCUT2D eigenvalue weighted by molar-refractivity contribution is 4.84. The van der Waals surface area contributed by atoms with E-state index in [9.17, 15) is 13.2 Å². The zero-order valence-corrected chi connectivity index (χ0v) is 13.7. The fraction of sp³-hybridized carbons (Fsp3) is 1.00. The Labute approximate surface area is 127 Å². The fourth-order valence-electron chi connectivity index (χ4n) is 3.19. The van der Waals surface area contributed by atoms with Gasteiger partial charge in [0.15, 0.2) is 0 Å². The standard InChI is InChI=1S/C16H31F3N2/c1-4-10-20-15(14-8-6-5-7-9-14)11-21(13(2)3)12-16(17,18)19/h13-15,20H,4-12H2,1-3H3. The average Bonchev–Trinajstić information content (AvgIpc) is 2.41. The Morgan fingerprint density at radius 2 is 1.76 bits per heavy atom. The summed E-state index contributed by atoms with van der Waals surface area (Å²) < 4.78 is 38.2. The average molecular weight is 308 g/mol. The summed E-state index contributed by atoms with van der Waals surface area (Å²) in [5.41, 5.74) is 0. The van der Waals surface area contributed by atoms with Crippen molar-refractivity contribution in [1.29, 1.82) is 0 Å². The molecule has 1 aliphatic rings. The SMILES string of the molecule is CCCNC(CN(CC(F)(F)F)C(C)C)C1CCCCC1. The van der Waals surface area contributed by atoms with Crippen molar-refractivity contribution < 1.29 is 13.2 Å². The summed E-state index contributed by atoms with van der Waals surface area (Å²) in [4.78, 5) is 1.57. The maximum atomic E-state index is 12.7. The van der Waals surface area contributed by atoms with E-state index in [0.717, 1.165) is 25.8 Å². The molecule has 1 aliphatic carbocycles. The monoisotopic (exact) mass is 308 g/mol. The van der Waals surface area contributed by atoms with Gasteiger partial charge in [-0.05, 0) is 45.6 Å². The molecule has 0 aliphatic heterocycles. The lowest BCUT2D eigenvalue weighted by atomic mass is 9.83. The maximum Gasteiger partial charge on any atom is 0.401 e. The Hall–Kier alpha value is -0.290. The smallest absolute Gasteiger partial charge is 0.312 e. The summed E-state index contributed by atoms with van der Waals surface area (Å²) in [6.07, 6.45) is 2.91. The molecular weight excluding hydrogens is 277 g/mol. The number of halogens is 3. The first-order valence-electron chi connectivity index (χ1n) is 8.37. The Kier molecular flexibility index (Phi) is 8.03. The maximum absolute atomic E-state index is 12.7. The molecule has 0 aromatic rings. The van der Waals surface area contributed by atoms with E-state index in [1.54, 1.807) is 4.90 Å². The molecule has 1 atom stereocenters. The van der Waals surface area contributed by atoms with E-state index < -0.39 is 12.7 Å². The van der Waals surface area contributed by atoms with Crippen LogP contribution in [0.1, 0.15) is 59.3 Å². The van der Waals surface area contributed by atoms with Crippen molar-refractivity contribution in [1.82, 2.24) is 10.2 Å². The topological polar surface area (TPSA) is 15.3 Å². The van der Waals surface area contributed by atoms with Gasteiger partial charge >= 0.3 is 6.18 Å². The van der Waals surface area contributed by atoms with Gasteiger partial charge in [-0.1, -0.05) is 26.2 Å². The van der Waals surface area contributed by atoms with Gasteiger partial charge in [0.2, 0.25) is 0 Å². The lowest BCUT2D eigenvalue weighted by molar-refractivity contribution is -0.150. The summed E-state index contributed by atoms with van der Waals surface area (Å²) in [7, 11) is 0. The van der Waals surface area contributed by atoms with Crippen LogP contribution in [0.5, 0.6) is 0 Å². The minimum Gasteiger partial charge on any atom is -0.312 e. The molecule has 2 nitrogen and oxygen atoms in total. The minimum absolute atomic E-state index is 0.0823. The molecule has 1 fully saturated rings. The van der Waals surface area contributed by atoms with E-state index >= 15 is 0 Å². The zero-order valence-electron chi connectivity index (χ0n) is 13.7. The minimum atomic E-state index is -4.12. The van der Waals surface area contributed by atoms with Gasteiger partial charge in [-0.25, -0.2) is 0 Å². The number of hydrogen-bond acceptors (Lipinski definition) is 2. The van der Waals surface area contributed by atoms with E-state index in [2.05, 4.69) is 12.2 Å². The summed E-state index contributed by atoms with van der Waals surface area (Å²) in [6.45, 7) is 6.39. The molecular formula is C16H31F3N2. The quantitative estimate of drug-likeness (QED) is 0.722. The third-order valence-electron chi connectivity index (χ3n) is 4.42. The van der Waals surface area contributed by atoms with Gasteiger partial charge in [0.1, 0.15) is 0 Å². The van der Waals surface area contributed by atoms with Crippen LogP contribution in [-0.4, -0.2) is 42.8 Å². The van der Waals surface area contributed by atoms with E-state index in [4.69, 9.17) is 0 Å². The second-order valence-electron chi connectivity index (χ2n) is 6.60. The molecule has 1 saturated carbocycles. The molecule has 0 bridgehead atoms. The third kappa shape index (κ3) is 7.50. The summed E-state index contributed by atoms with van der Waals surface area (Å²) in [5, 5.41) is 3.50. The highest BCUT2D eigenvalue weighted by Gasteiger charge is 2.34. The van der Waals surface area contributed by atoms with Crippen LogP contribution in [0.3, 0.4) is 0 Å². The van der Waals surface area contributed by atoms with Gasteiger partial charge in [-0.2, -0.15) is 13.2 Å². The second-order valence-corrected chi connectivity index (χ2v) is 6.60. The highest BCUT2D eigenvalue weighted by atomic mass is 19.4. The number of nitrogens with one attached hydrogen (secondary N) is 1. The Morgan fingerprint density at radius 1 is 1.14 bits per heavy atom. The first-order valence-corrected chi connectivity index (χ1v) is 8.37. The Morgan fingerprint density at radius 3 is 2.24 bits per heavy atom. The fourth-order valence-corrected chi connectivity index (χ4v) is 3.19. The molecule has 1 unspecified atom stereocenters. The van der Waals surface area contributed by atoms with Gasteiger partial charge in [-0.3, -0.25) is 4.90 Å². The molecule has 1 N–H and O–H groups in total. The number of alkyl halides is 3. The van der Waals surface area contributed by atoms with Crippen molar-refractivity contribution in [2.45, 2.75) is 77.6 Å². The molecule has 5 heteroatoms. The van der Waals surface area contributed by atoms with Crippen LogP contribution in [-0.2, 0) is 0 Å². The molecule has 0 spiro atoms. The predicted molar refractivity (Wildman–Crippen MR) is 81.4 cm³/mol. The van der Waals surface area contributed by atoms with Crippen LogP contribution in [0.2, 0.25) is 0 Å². The van der Waals surface area contributed by atoms with Crippen LogP contribution in [0, 0.1) is 5.92 Å². The lowest BCUT2D eigenvalue weighted by Gasteiger charge is -2.37. The van der Waals surface area contributed by atoms with Crippen molar-refractivity contribution in [2.24, 2.45) is 5.92 Å². The van der Waals surface area contributed by atoms with E-state index in [-0.39, 0.29) is 12.1 Å². The third-order valence-corrected chi connectivity index (χ3v) is 4.42. The van der Waals surface area contributed by atoms with Crippen molar-refractivity contribution >= 4 is 0 Å². The summed E-state index contributed by atoms with van der Waals surface area (Å²) in [6, 6.07) is 0.108. The van der Waals surface area contributed by atoms with E-state index in [1.165, 1.54) is 19.3 Å². The molecule has 0 heterocycles. The molecule has 0 aromatic heterocycles. The van der Waals surface area contributed by atoms with Crippen LogP contribution in [0.15, 0.2) is 0 Å². The Balaban J connectivity index is 2.66. The lowest BCUT2D eigenvalue weighted by Crippen LogP contribution is -2.50. The van der Waals surface area contributed by atoms with Crippen LogP contribution >= 0.6 is 0 Å². The largest absolute Gasteiger partial charge is 0.401 e. The number of nitrogens with zero attached hydrogens (tertiary/aromatic N) is 1. The number of hydrogen-bond donors (Lipinski definition) is 1. The van der Waals surface area contributed by atoms with Gasteiger partial charge in [-0.15, -0.1) is 0 Å². The first-order chi connectivity index (χ1) is 9.83. The second kappa shape index (κ2) is 8.99. The Bertz CT molecular complexity index is 273. The first kappa shape index (κ1) is 18.8. The van der Waals surface area contributed by atoms with Crippen molar-refractivity contribution in [3.05, 3.63) is 0 Å². The highest BCUT2D eigenvalue weighted by Crippen LogP contribution is 2.28. The molecule has 0 amide bonds. The number of rotatable bonds is 8. The van der Waals surface area contributed by atoms with Gasteiger partial charge in [0, 0.05) is 18.6 Å². The molecule has 1 rings (SSSR count). The van der Waals surface area contributed by atoms with E-state index in [0.29, 0.717) is 12.5 Å². The van der Waals surface area contributed by atoms with E-state index in [1.807, 2.05) is 13.8 Å². The summed E-state index contributed by atoms with van der Waals surface area (Å²) >= 11 is 0. The molecule has 126 valence electrons. The van der Waals surface area contributed by atoms with Crippen molar-refractivity contribution in [2.75, 3.05) is 19.6 Å². The molecule has 0 saturated heterocycles. The zero-order chi connectivity index (χ0) is 15.9. The van der Waals surface area contributed by atoms with Crippen molar-refractivity contribution in [3.8, 4) is 0 Å². The molecule has 21 heavy (non-hydrogen) atoms. The normalized spacial score (nSPS) is 19.4. The van der Waals surface area contributed by atoms with Gasteiger partial charge in [0.05, 0.1) is 6.54 Å². The molecule has 0 aromatic carbocycles. The van der Waals surface area contributed by atoms with Gasteiger partial charge in [0.25, 0.3) is 0 Å².